The molecule has 3 aromatic heterocycles. The summed E-state index contributed by atoms with van der Waals surface area (Å²) in [5.41, 5.74) is 2.86. The summed E-state index contributed by atoms with van der Waals surface area (Å²) in [5.74, 6) is 2.26. The fourth-order valence-corrected chi connectivity index (χ4v) is 5.00. The van der Waals surface area contributed by atoms with Gasteiger partial charge in [0.2, 0.25) is 0 Å². The predicted molar refractivity (Wildman–Crippen MR) is 126 cm³/mol. The Morgan fingerprint density at radius 3 is 2.77 bits per heavy atom. The van der Waals surface area contributed by atoms with Crippen LogP contribution in [0, 0.1) is 0 Å². The summed E-state index contributed by atoms with van der Waals surface area (Å²) in [6.07, 6.45) is 4.06. The third-order valence-electron chi connectivity index (χ3n) is 4.61. The SMILES string of the molecule is CCOc1ccc(-n2c(SCc3cn4ccsc4n3)nnc2-c2cccc(Cl)c2)cc1. The van der Waals surface area contributed by atoms with E-state index in [2.05, 4.69) is 15.2 Å². The molecular weight excluding hydrogens is 450 g/mol. The molecule has 0 aliphatic carbocycles. The Balaban J connectivity index is 1.51. The summed E-state index contributed by atoms with van der Waals surface area (Å²) < 4.78 is 9.68. The van der Waals surface area contributed by atoms with Crippen molar-refractivity contribution in [2.75, 3.05) is 6.61 Å². The molecule has 0 radical (unpaired) electrons. The van der Waals surface area contributed by atoms with Gasteiger partial charge in [-0.05, 0) is 43.3 Å². The fraction of sp³-hybridized carbons (Fsp3) is 0.136. The third-order valence-corrected chi connectivity index (χ3v) is 6.58. The van der Waals surface area contributed by atoms with Crippen molar-refractivity contribution in [2.45, 2.75) is 17.8 Å². The van der Waals surface area contributed by atoms with Gasteiger partial charge in [0.25, 0.3) is 0 Å². The first kappa shape index (κ1) is 20.1. The summed E-state index contributed by atoms with van der Waals surface area (Å²) in [7, 11) is 0. The van der Waals surface area contributed by atoms with E-state index < -0.39 is 0 Å². The summed E-state index contributed by atoms with van der Waals surface area (Å²) in [6.45, 7) is 2.60. The van der Waals surface area contributed by atoms with E-state index in [9.17, 15) is 0 Å². The molecule has 0 bridgehead atoms. The van der Waals surface area contributed by atoms with E-state index in [0.29, 0.717) is 17.4 Å². The molecule has 0 N–H and O–H groups in total. The van der Waals surface area contributed by atoms with Crippen molar-refractivity contribution in [1.82, 2.24) is 24.1 Å². The minimum atomic E-state index is 0.628. The summed E-state index contributed by atoms with van der Waals surface area (Å²) in [4.78, 5) is 5.66. The molecule has 9 heteroatoms. The van der Waals surface area contributed by atoms with Crippen LogP contribution in [-0.4, -0.2) is 30.8 Å². The van der Waals surface area contributed by atoms with Crippen LogP contribution >= 0.6 is 34.7 Å². The van der Waals surface area contributed by atoms with Gasteiger partial charge in [-0.1, -0.05) is 35.5 Å². The number of fused-ring (bicyclic) bond motifs is 1. The Hall–Kier alpha value is -2.81. The highest BCUT2D eigenvalue weighted by Gasteiger charge is 2.17. The Morgan fingerprint density at radius 1 is 1.13 bits per heavy atom. The van der Waals surface area contributed by atoms with Crippen LogP contribution in [0.2, 0.25) is 5.02 Å². The second-order valence-corrected chi connectivity index (χ2v) is 8.94. The molecule has 3 heterocycles. The Labute approximate surface area is 192 Å². The first-order chi connectivity index (χ1) is 15.2. The van der Waals surface area contributed by atoms with Crippen LogP contribution in [0.3, 0.4) is 0 Å². The molecule has 0 spiro atoms. The van der Waals surface area contributed by atoms with E-state index >= 15 is 0 Å². The van der Waals surface area contributed by atoms with E-state index in [1.54, 1.807) is 23.1 Å². The van der Waals surface area contributed by atoms with Crippen molar-refractivity contribution in [3.63, 3.8) is 0 Å². The smallest absolute Gasteiger partial charge is 0.196 e. The molecular formula is C22H18ClN5OS2. The summed E-state index contributed by atoms with van der Waals surface area (Å²) in [5, 5.41) is 12.4. The van der Waals surface area contributed by atoms with Gasteiger partial charge >= 0.3 is 0 Å². The Kier molecular flexibility index (Phi) is 5.67. The number of aromatic nitrogens is 5. The number of imidazole rings is 1. The first-order valence-electron chi connectivity index (χ1n) is 9.70. The van der Waals surface area contributed by atoms with Crippen molar-refractivity contribution < 1.29 is 4.74 Å². The average Bonchev–Trinajstić information content (AvgIpc) is 3.48. The second kappa shape index (κ2) is 8.74. The topological polar surface area (TPSA) is 57.2 Å². The number of halogens is 1. The van der Waals surface area contributed by atoms with Crippen LogP contribution in [0.5, 0.6) is 5.75 Å². The highest BCUT2D eigenvalue weighted by Crippen LogP contribution is 2.31. The monoisotopic (exact) mass is 467 g/mol. The van der Waals surface area contributed by atoms with Gasteiger partial charge in [-0.3, -0.25) is 8.97 Å². The number of thioether (sulfide) groups is 1. The van der Waals surface area contributed by atoms with Gasteiger partial charge in [-0.15, -0.1) is 21.5 Å². The molecule has 2 aromatic carbocycles. The molecule has 0 saturated carbocycles. The number of thiazole rings is 1. The lowest BCUT2D eigenvalue weighted by atomic mass is 10.2. The molecule has 0 saturated heterocycles. The van der Waals surface area contributed by atoms with Gasteiger partial charge in [0, 0.05) is 39.8 Å². The number of ether oxygens (including phenoxy) is 1. The molecule has 5 rings (SSSR count). The lowest BCUT2D eigenvalue weighted by Gasteiger charge is -2.11. The lowest BCUT2D eigenvalue weighted by Crippen LogP contribution is -2.00. The van der Waals surface area contributed by atoms with Gasteiger partial charge in [0.1, 0.15) is 5.75 Å². The molecule has 0 fully saturated rings. The minimum Gasteiger partial charge on any atom is -0.494 e. The lowest BCUT2D eigenvalue weighted by molar-refractivity contribution is 0.340. The molecule has 0 aliphatic heterocycles. The first-order valence-corrected chi connectivity index (χ1v) is 11.9. The zero-order valence-electron chi connectivity index (χ0n) is 16.6. The molecule has 6 nitrogen and oxygen atoms in total. The van der Waals surface area contributed by atoms with E-state index in [1.165, 1.54) is 0 Å². The maximum atomic E-state index is 6.24. The fourth-order valence-electron chi connectivity index (χ4n) is 3.25. The van der Waals surface area contributed by atoms with Gasteiger partial charge < -0.3 is 4.74 Å². The van der Waals surface area contributed by atoms with E-state index in [4.69, 9.17) is 16.3 Å². The van der Waals surface area contributed by atoms with Gasteiger partial charge in [0.15, 0.2) is 15.9 Å². The molecule has 5 aromatic rings. The average molecular weight is 468 g/mol. The number of benzene rings is 2. The maximum absolute atomic E-state index is 6.24. The van der Waals surface area contributed by atoms with Crippen LogP contribution in [0.1, 0.15) is 12.6 Å². The van der Waals surface area contributed by atoms with E-state index in [0.717, 1.165) is 38.6 Å². The molecule has 0 unspecified atom stereocenters. The Morgan fingerprint density at radius 2 is 2.00 bits per heavy atom. The standard InChI is InChI=1S/C22H18ClN5OS2/c1-2-29-19-8-6-18(7-9-19)28-20(15-4-3-5-16(23)12-15)25-26-22(28)31-14-17-13-27-10-11-30-21(27)24-17/h3-13H,2,14H2,1H3. The van der Waals surface area contributed by atoms with E-state index in [1.807, 2.05) is 82.2 Å². The number of hydrogen-bond donors (Lipinski definition) is 0. The maximum Gasteiger partial charge on any atom is 0.196 e. The molecule has 31 heavy (non-hydrogen) atoms. The second-order valence-electron chi connectivity index (χ2n) is 6.69. The molecule has 0 amide bonds. The minimum absolute atomic E-state index is 0.628. The number of rotatable bonds is 7. The van der Waals surface area contributed by atoms with Gasteiger partial charge in [-0.2, -0.15) is 0 Å². The number of nitrogens with zero attached hydrogens (tertiary/aromatic N) is 5. The molecule has 0 aliphatic rings. The molecule has 0 atom stereocenters. The van der Waals surface area contributed by atoms with E-state index in [-0.39, 0.29) is 0 Å². The third kappa shape index (κ3) is 4.19. The zero-order chi connectivity index (χ0) is 21.2. The largest absolute Gasteiger partial charge is 0.494 e. The number of hydrogen-bond acceptors (Lipinski definition) is 6. The highest BCUT2D eigenvalue weighted by atomic mass is 35.5. The van der Waals surface area contributed by atoms with Crippen molar-refractivity contribution >= 4 is 39.7 Å². The Bertz CT molecular complexity index is 1300. The van der Waals surface area contributed by atoms with Gasteiger partial charge in [0.05, 0.1) is 12.3 Å². The predicted octanol–water partition coefficient (Wildman–Crippen LogP) is 5.99. The van der Waals surface area contributed by atoms with Crippen molar-refractivity contribution in [3.8, 4) is 22.8 Å². The van der Waals surface area contributed by atoms with Crippen molar-refractivity contribution in [1.29, 1.82) is 0 Å². The molecule has 156 valence electrons. The van der Waals surface area contributed by atoms with Crippen molar-refractivity contribution in [3.05, 3.63) is 77.0 Å². The van der Waals surface area contributed by atoms with Gasteiger partial charge in [-0.25, -0.2) is 4.98 Å². The summed E-state index contributed by atoms with van der Waals surface area (Å²) >= 11 is 9.46. The van der Waals surface area contributed by atoms with Crippen LogP contribution in [0.25, 0.3) is 22.0 Å². The normalized spacial score (nSPS) is 11.3. The van der Waals surface area contributed by atoms with Crippen LogP contribution in [-0.2, 0) is 5.75 Å². The van der Waals surface area contributed by atoms with Crippen LogP contribution < -0.4 is 4.74 Å². The summed E-state index contributed by atoms with van der Waals surface area (Å²) in [6, 6.07) is 15.6. The van der Waals surface area contributed by atoms with Crippen LogP contribution in [0.4, 0.5) is 0 Å². The van der Waals surface area contributed by atoms with Crippen LogP contribution in [0.15, 0.2) is 71.5 Å². The highest BCUT2D eigenvalue weighted by molar-refractivity contribution is 7.98. The quantitative estimate of drug-likeness (QED) is 0.275. The van der Waals surface area contributed by atoms with Crippen molar-refractivity contribution in [2.24, 2.45) is 0 Å². The zero-order valence-corrected chi connectivity index (χ0v) is 19.0.